The van der Waals surface area contributed by atoms with Gasteiger partial charge in [-0.1, -0.05) is 163 Å². The van der Waals surface area contributed by atoms with E-state index in [2.05, 4.69) is 74.6 Å². The highest BCUT2D eigenvalue weighted by molar-refractivity contribution is 7.47. The molecule has 0 radical (unpaired) electrons. The van der Waals surface area contributed by atoms with Crippen LogP contribution in [0.5, 0.6) is 0 Å². The number of phosphoric ester groups is 1. The lowest BCUT2D eigenvalue weighted by Crippen LogP contribution is -2.64. The number of carbonyl (C=O) groups is 2. The first-order chi connectivity index (χ1) is 30.4. The third-order valence-corrected chi connectivity index (χ3v) is 11.3. The van der Waals surface area contributed by atoms with Crippen molar-refractivity contribution >= 4 is 19.8 Å². The molecule has 360 valence electrons. The first-order valence-electron chi connectivity index (χ1n) is 23.4. The molecule has 0 bridgehead atoms. The molecule has 1 fully saturated rings. The molecule has 8 atom stereocenters. The van der Waals surface area contributed by atoms with Gasteiger partial charge in [-0.15, -0.1) is 0 Å². The van der Waals surface area contributed by atoms with Crippen molar-refractivity contribution in [2.45, 2.75) is 198 Å². The Morgan fingerprint density at radius 3 is 1.56 bits per heavy atom. The Morgan fingerprint density at radius 2 is 1.02 bits per heavy atom. The predicted octanol–water partition coefficient (Wildman–Crippen LogP) is 9.28. The van der Waals surface area contributed by atoms with Gasteiger partial charge in [-0.3, -0.25) is 13.8 Å². The average molecular weight is 909 g/mol. The number of hydrogen-bond acceptors (Lipinski definition) is 12. The number of rotatable bonds is 37. The van der Waals surface area contributed by atoms with Gasteiger partial charge < -0.3 is 39.9 Å². The van der Waals surface area contributed by atoms with Crippen LogP contribution in [0.3, 0.4) is 0 Å². The molecule has 0 amide bonds. The van der Waals surface area contributed by atoms with Gasteiger partial charge in [0.1, 0.15) is 43.2 Å². The van der Waals surface area contributed by atoms with Gasteiger partial charge in [0, 0.05) is 12.5 Å². The fourth-order valence-corrected chi connectivity index (χ4v) is 7.55. The monoisotopic (exact) mass is 909 g/mol. The van der Waals surface area contributed by atoms with Crippen LogP contribution in [0.25, 0.3) is 0 Å². The maximum atomic E-state index is 12.8. The summed E-state index contributed by atoms with van der Waals surface area (Å²) in [4.78, 5) is 35.6. The van der Waals surface area contributed by atoms with Crippen molar-refractivity contribution in [2.75, 3.05) is 13.2 Å². The number of allylic oxidation sites excluding steroid dienone is 13. The second-order valence-electron chi connectivity index (χ2n) is 15.9. The molecule has 63 heavy (non-hydrogen) atoms. The molecule has 1 saturated carbocycles. The number of ether oxygens (including phenoxy) is 2. The summed E-state index contributed by atoms with van der Waals surface area (Å²) in [6, 6.07) is 0. The van der Waals surface area contributed by atoms with Gasteiger partial charge in [0.05, 0.1) is 6.61 Å². The van der Waals surface area contributed by atoms with Gasteiger partial charge in [0.25, 0.3) is 0 Å². The molecule has 1 aliphatic rings. The Labute approximate surface area is 378 Å². The van der Waals surface area contributed by atoms with Crippen molar-refractivity contribution in [3.63, 3.8) is 0 Å². The smallest absolute Gasteiger partial charge is 0.462 e. The van der Waals surface area contributed by atoms with Crippen molar-refractivity contribution in [3.8, 4) is 0 Å². The SMILES string of the molecule is CC/C=C/C/C=C/C/C=C/C/C=C/C/C=C/CCCCCC(=O)OC[C@@H](COP(=O)(O)OC1C(O)C(O)C(O)[C@H](O)C1O)OC(=O)/C=C/C=C/CCCCCCCCCCCCC. The average Bonchev–Trinajstić information content (AvgIpc) is 3.26. The lowest BCUT2D eigenvalue weighted by atomic mass is 9.85. The van der Waals surface area contributed by atoms with Gasteiger partial charge in [0.15, 0.2) is 6.10 Å². The van der Waals surface area contributed by atoms with E-state index in [1.807, 2.05) is 6.08 Å². The summed E-state index contributed by atoms with van der Waals surface area (Å²) >= 11 is 0. The topological polar surface area (TPSA) is 210 Å². The molecule has 6 N–H and O–H groups in total. The third-order valence-electron chi connectivity index (χ3n) is 10.3. The lowest BCUT2D eigenvalue weighted by Gasteiger charge is -2.41. The summed E-state index contributed by atoms with van der Waals surface area (Å²) in [6.45, 7) is 3.05. The van der Waals surface area contributed by atoms with Crippen LogP contribution in [0.15, 0.2) is 85.1 Å². The fourth-order valence-electron chi connectivity index (χ4n) is 6.57. The summed E-state index contributed by atoms with van der Waals surface area (Å²) in [5.74, 6) is -1.40. The lowest BCUT2D eigenvalue weighted by molar-refractivity contribution is -0.220. The van der Waals surface area contributed by atoms with Crippen LogP contribution in [-0.2, 0) is 32.7 Å². The number of esters is 2. The predicted molar refractivity (Wildman–Crippen MR) is 248 cm³/mol. The van der Waals surface area contributed by atoms with Crippen molar-refractivity contribution < 1.29 is 63.1 Å². The molecule has 0 heterocycles. The molecule has 0 aliphatic heterocycles. The van der Waals surface area contributed by atoms with E-state index in [9.17, 15) is 44.6 Å². The zero-order chi connectivity index (χ0) is 46.4. The maximum absolute atomic E-state index is 12.8. The normalized spacial score (nSPS) is 22.5. The van der Waals surface area contributed by atoms with Crippen LogP contribution in [0.4, 0.5) is 0 Å². The third kappa shape index (κ3) is 30.7. The molecule has 13 nitrogen and oxygen atoms in total. The molecule has 6 unspecified atom stereocenters. The van der Waals surface area contributed by atoms with Crippen molar-refractivity contribution in [1.29, 1.82) is 0 Å². The fraction of sp³-hybridized carbons (Fsp3) is 0.673. The van der Waals surface area contributed by atoms with E-state index < -0.39 is 75.7 Å². The van der Waals surface area contributed by atoms with Crippen LogP contribution in [-0.4, -0.2) is 98.3 Å². The van der Waals surface area contributed by atoms with Crippen LogP contribution in [0, 0.1) is 0 Å². The van der Waals surface area contributed by atoms with Crippen molar-refractivity contribution in [1.82, 2.24) is 0 Å². The van der Waals surface area contributed by atoms with E-state index in [0.29, 0.717) is 6.42 Å². The van der Waals surface area contributed by atoms with Crippen molar-refractivity contribution in [3.05, 3.63) is 85.1 Å². The number of hydrogen-bond donors (Lipinski definition) is 6. The van der Waals surface area contributed by atoms with Crippen LogP contribution < -0.4 is 0 Å². The van der Waals surface area contributed by atoms with Crippen LogP contribution >= 0.6 is 7.82 Å². The maximum Gasteiger partial charge on any atom is 0.472 e. The van der Waals surface area contributed by atoms with Gasteiger partial charge in [0.2, 0.25) is 0 Å². The number of phosphoric acid groups is 1. The van der Waals surface area contributed by atoms with Gasteiger partial charge in [-0.25, -0.2) is 9.36 Å². The Kier molecular flexibility index (Phi) is 35.3. The standard InChI is InChI=1S/C49H81O13P/c1-3-5-7-9-11-13-15-17-19-20-21-22-24-25-27-29-31-33-35-37-42(50)59-39-41(40-60-63(57,58)62-49-47(55)45(53)44(52)46(54)48(49)56)61-43(51)38-36-34-32-30-28-26-23-18-16-14-12-10-8-6-4-2/h5,7,11,13,17,19,21-22,25,27,32,34,36,38,41,44-49,52-56H,3-4,6,8-10,12,14-16,18,20,23-24,26,28-31,33,35,37,39-40H2,1-2H3,(H,57,58)/b7-5+,13-11+,19-17+,22-21+,27-25+,34-32+,38-36+/t41-,44?,45-,46?,47?,48?,49?/m0/s1. The zero-order valence-electron chi connectivity index (χ0n) is 38.1. The molecule has 1 rings (SSSR count). The van der Waals surface area contributed by atoms with E-state index in [1.54, 1.807) is 6.08 Å². The van der Waals surface area contributed by atoms with Gasteiger partial charge in [-0.2, -0.15) is 0 Å². The molecule has 0 aromatic carbocycles. The molecule has 0 saturated heterocycles. The highest BCUT2D eigenvalue weighted by Gasteiger charge is 2.51. The van der Waals surface area contributed by atoms with Crippen molar-refractivity contribution in [2.24, 2.45) is 0 Å². The largest absolute Gasteiger partial charge is 0.472 e. The second kappa shape index (κ2) is 38.3. The molecular formula is C49H81O13P. The van der Waals surface area contributed by atoms with E-state index in [0.717, 1.165) is 76.7 Å². The van der Waals surface area contributed by atoms with Crippen LogP contribution in [0.2, 0.25) is 0 Å². The summed E-state index contributed by atoms with van der Waals surface area (Å²) < 4.78 is 33.3. The number of unbranched alkanes of at least 4 members (excludes halogenated alkanes) is 14. The Balaban J connectivity index is 2.53. The molecule has 1 aliphatic carbocycles. The minimum Gasteiger partial charge on any atom is -0.462 e. The van der Waals surface area contributed by atoms with E-state index in [1.165, 1.54) is 63.9 Å². The van der Waals surface area contributed by atoms with Crippen LogP contribution in [0.1, 0.15) is 155 Å². The number of aliphatic hydroxyl groups is 5. The molecule has 0 aromatic heterocycles. The number of aliphatic hydroxyl groups excluding tert-OH is 5. The molecule has 0 aromatic rings. The molecule has 14 heteroatoms. The highest BCUT2D eigenvalue weighted by Crippen LogP contribution is 2.47. The van der Waals surface area contributed by atoms with E-state index in [-0.39, 0.29) is 6.42 Å². The summed E-state index contributed by atoms with van der Waals surface area (Å²) in [5.41, 5.74) is 0. The summed E-state index contributed by atoms with van der Waals surface area (Å²) in [7, 11) is -5.16. The second-order valence-corrected chi connectivity index (χ2v) is 17.4. The van der Waals surface area contributed by atoms with E-state index in [4.69, 9.17) is 18.5 Å². The number of carbonyl (C=O) groups excluding carboxylic acids is 2. The Bertz CT molecular complexity index is 1420. The summed E-state index contributed by atoms with van der Waals surface area (Å²) in [5, 5.41) is 50.1. The minimum atomic E-state index is -5.16. The quantitative estimate of drug-likeness (QED) is 0.00859. The Hall–Kier alpha value is -2.97. The first-order valence-corrected chi connectivity index (χ1v) is 24.9. The van der Waals surface area contributed by atoms with Gasteiger partial charge >= 0.3 is 19.8 Å². The van der Waals surface area contributed by atoms with Gasteiger partial charge in [-0.05, 0) is 64.2 Å². The molecular weight excluding hydrogens is 827 g/mol. The Morgan fingerprint density at radius 1 is 0.556 bits per heavy atom. The minimum absolute atomic E-state index is 0.104. The zero-order valence-corrected chi connectivity index (χ0v) is 39.0. The first kappa shape index (κ1) is 58.0. The highest BCUT2D eigenvalue weighted by atomic mass is 31.2. The molecule has 0 spiro atoms. The van der Waals surface area contributed by atoms with E-state index >= 15 is 0 Å². The summed E-state index contributed by atoms with van der Waals surface area (Å²) in [6.07, 6.45) is 37.0.